The molecular formula is C22H30N4O2. The highest BCUT2D eigenvalue weighted by atomic mass is 16.5. The number of carbonyl (C=O) groups excluding carboxylic acids is 1. The van der Waals surface area contributed by atoms with Crippen LogP contribution in [0.5, 0.6) is 0 Å². The zero-order chi connectivity index (χ0) is 20.1. The average molecular weight is 383 g/mol. The molecule has 1 aliphatic rings. The summed E-state index contributed by atoms with van der Waals surface area (Å²) in [6.45, 7) is 9.95. The number of nitrogens with zero attached hydrogens (tertiary/aromatic N) is 2. The Balaban J connectivity index is 1.78. The molecule has 0 radical (unpaired) electrons. The largest absolute Gasteiger partial charge is 0.376 e. The second-order valence-electron chi connectivity index (χ2n) is 7.86. The van der Waals surface area contributed by atoms with Crippen LogP contribution < -0.4 is 10.6 Å². The molecule has 0 saturated carbocycles. The number of ether oxygens (including phenoxy) is 1. The van der Waals surface area contributed by atoms with Gasteiger partial charge in [-0.25, -0.2) is 9.97 Å². The molecule has 1 aromatic carbocycles. The van der Waals surface area contributed by atoms with E-state index >= 15 is 0 Å². The molecule has 1 fully saturated rings. The van der Waals surface area contributed by atoms with Crippen LogP contribution in [-0.4, -0.2) is 35.1 Å². The van der Waals surface area contributed by atoms with E-state index in [-0.39, 0.29) is 12.0 Å². The molecule has 150 valence electrons. The first-order chi connectivity index (χ1) is 13.5. The smallest absolute Gasteiger partial charge is 0.270 e. The lowest BCUT2D eigenvalue weighted by Crippen LogP contribution is -2.32. The lowest BCUT2D eigenvalue weighted by molar-refractivity contribution is 0.0853. The van der Waals surface area contributed by atoms with Crippen molar-refractivity contribution in [2.45, 2.75) is 58.5 Å². The molecule has 2 aromatic rings. The van der Waals surface area contributed by atoms with Crippen molar-refractivity contribution in [2.24, 2.45) is 0 Å². The summed E-state index contributed by atoms with van der Waals surface area (Å²) in [5.41, 5.74) is 3.80. The molecule has 2 heterocycles. The Morgan fingerprint density at radius 3 is 2.50 bits per heavy atom. The molecule has 1 aromatic heterocycles. The van der Waals surface area contributed by atoms with Crippen molar-refractivity contribution in [3.63, 3.8) is 0 Å². The van der Waals surface area contributed by atoms with Gasteiger partial charge in [0.05, 0.1) is 6.10 Å². The van der Waals surface area contributed by atoms with E-state index in [9.17, 15) is 4.79 Å². The number of hydrogen-bond donors (Lipinski definition) is 2. The van der Waals surface area contributed by atoms with Gasteiger partial charge in [-0.05, 0) is 41.9 Å². The van der Waals surface area contributed by atoms with Gasteiger partial charge in [0, 0.05) is 25.0 Å². The molecule has 28 heavy (non-hydrogen) atoms. The molecule has 0 bridgehead atoms. The number of para-hydroxylation sites is 1. The van der Waals surface area contributed by atoms with Crippen LogP contribution in [0.2, 0.25) is 0 Å². The highest BCUT2D eigenvalue weighted by Crippen LogP contribution is 2.33. The van der Waals surface area contributed by atoms with Crippen LogP contribution in [0, 0.1) is 0 Å². The molecule has 1 aliphatic heterocycles. The third-order valence-electron chi connectivity index (χ3n) is 5.01. The minimum absolute atomic E-state index is 0.106. The van der Waals surface area contributed by atoms with Gasteiger partial charge in [0.15, 0.2) is 0 Å². The summed E-state index contributed by atoms with van der Waals surface area (Å²) in [4.78, 5) is 21.2. The van der Waals surface area contributed by atoms with E-state index in [1.165, 1.54) is 11.1 Å². The van der Waals surface area contributed by atoms with Crippen molar-refractivity contribution in [3.8, 4) is 0 Å². The predicted octanol–water partition coefficient (Wildman–Crippen LogP) is 4.38. The maximum atomic E-state index is 12.5. The summed E-state index contributed by atoms with van der Waals surface area (Å²) in [7, 11) is 0. The van der Waals surface area contributed by atoms with Gasteiger partial charge in [-0.3, -0.25) is 4.79 Å². The van der Waals surface area contributed by atoms with Crippen LogP contribution in [0.4, 0.5) is 11.6 Å². The van der Waals surface area contributed by atoms with E-state index < -0.39 is 0 Å². The molecule has 0 spiro atoms. The lowest BCUT2D eigenvalue weighted by atomic mass is 9.93. The molecule has 0 aliphatic carbocycles. The van der Waals surface area contributed by atoms with Crippen LogP contribution in [-0.2, 0) is 4.74 Å². The van der Waals surface area contributed by atoms with Gasteiger partial charge in [-0.2, -0.15) is 0 Å². The molecule has 6 heteroatoms. The van der Waals surface area contributed by atoms with Gasteiger partial charge in [0.25, 0.3) is 5.91 Å². The molecule has 1 atom stereocenters. The van der Waals surface area contributed by atoms with Gasteiger partial charge in [0.1, 0.15) is 5.69 Å². The maximum Gasteiger partial charge on any atom is 0.270 e. The Kier molecular flexibility index (Phi) is 6.62. The summed E-state index contributed by atoms with van der Waals surface area (Å²) in [6, 6.07) is 7.97. The predicted molar refractivity (Wildman–Crippen MR) is 111 cm³/mol. The Hall–Kier alpha value is -2.47. The SMILES string of the molecule is CC(C)c1cccc(C(C)C)c1Nc1nccc(C(=O)NCC2CCCO2)n1. The van der Waals surface area contributed by atoms with Crippen molar-refractivity contribution < 1.29 is 9.53 Å². The zero-order valence-corrected chi connectivity index (χ0v) is 17.2. The molecule has 2 N–H and O–H groups in total. The number of aromatic nitrogens is 2. The van der Waals surface area contributed by atoms with Crippen LogP contribution >= 0.6 is 0 Å². The highest BCUT2D eigenvalue weighted by Gasteiger charge is 2.18. The zero-order valence-electron chi connectivity index (χ0n) is 17.2. The van der Waals surface area contributed by atoms with E-state index in [0.29, 0.717) is 30.0 Å². The van der Waals surface area contributed by atoms with Crippen molar-refractivity contribution in [1.82, 2.24) is 15.3 Å². The first kappa shape index (κ1) is 20.3. The maximum absolute atomic E-state index is 12.5. The average Bonchev–Trinajstić information content (AvgIpc) is 3.19. The second-order valence-corrected chi connectivity index (χ2v) is 7.86. The Bertz CT molecular complexity index is 788. The van der Waals surface area contributed by atoms with Gasteiger partial charge in [-0.15, -0.1) is 0 Å². The van der Waals surface area contributed by atoms with Gasteiger partial charge < -0.3 is 15.4 Å². The van der Waals surface area contributed by atoms with Crippen LogP contribution in [0.1, 0.15) is 74.0 Å². The number of amides is 1. The first-order valence-electron chi connectivity index (χ1n) is 10.1. The van der Waals surface area contributed by atoms with Crippen molar-refractivity contribution in [1.29, 1.82) is 0 Å². The summed E-state index contributed by atoms with van der Waals surface area (Å²) >= 11 is 0. The number of rotatable bonds is 7. The quantitative estimate of drug-likeness (QED) is 0.743. The molecule has 1 amide bonds. The second kappa shape index (κ2) is 9.15. The molecular weight excluding hydrogens is 352 g/mol. The molecule has 1 unspecified atom stereocenters. The monoisotopic (exact) mass is 382 g/mol. The Morgan fingerprint density at radius 2 is 1.89 bits per heavy atom. The van der Waals surface area contributed by atoms with E-state index in [1.54, 1.807) is 12.3 Å². The molecule has 1 saturated heterocycles. The Morgan fingerprint density at radius 1 is 1.18 bits per heavy atom. The van der Waals surface area contributed by atoms with E-state index in [2.05, 4.69) is 66.5 Å². The van der Waals surface area contributed by atoms with Crippen molar-refractivity contribution in [2.75, 3.05) is 18.5 Å². The van der Waals surface area contributed by atoms with E-state index in [1.807, 2.05) is 0 Å². The number of hydrogen-bond acceptors (Lipinski definition) is 5. The van der Waals surface area contributed by atoms with Crippen LogP contribution in [0.15, 0.2) is 30.5 Å². The van der Waals surface area contributed by atoms with Crippen LogP contribution in [0.3, 0.4) is 0 Å². The number of anilines is 2. The molecule has 6 nitrogen and oxygen atoms in total. The summed E-state index contributed by atoms with van der Waals surface area (Å²) in [6.07, 6.45) is 3.76. The van der Waals surface area contributed by atoms with Crippen molar-refractivity contribution >= 4 is 17.5 Å². The standard InChI is InChI=1S/C22H30N4O2/c1-14(2)17-8-5-9-18(15(3)4)20(17)26-22-23-11-10-19(25-22)21(27)24-13-16-7-6-12-28-16/h5,8-11,14-16H,6-7,12-13H2,1-4H3,(H,24,27)(H,23,25,26). The summed E-state index contributed by atoms with van der Waals surface area (Å²) in [5.74, 6) is 0.945. The van der Waals surface area contributed by atoms with E-state index in [4.69, 9.17) is 4.74 Å². The number of carbonyl (C=O) groups is 1. The minimum atomic E-state index is -0.206. The number of benzene rings is 1. The highest BCUT2D eigenvalue weighted by molar-refractivity contribution is 5.92. The Labute approximate surface area is 167 Å². The van der Waals surface area contributed by atoms with Gasteiger partial charge >= 0.3 is 0 Å². The van der Waals surface area contributed by atoms with Crippen molar-refractivity contribution in [3.05, 3.63) is 47.3 Å². The normalized spacial score (nSPS) is 16.6. The van der Waals surface area contributed by atoms with Gasteiger partial charge in [-0.1, -0.05) is 45.9 Å². The number of nitrogens with one attached hydrogen (secondary N) is 2. The first-order valence-corrected chi connectivity index (χ1v) is 10.1. The fourth-order valence-electron chi connectivity index (χ4n) is 3.45. The summed E-state index contributed by atoms with van der Waals surface area (Å²) in [5, 5.41) is 6.28. The third kappa shape index (κ3) is 4.87. The topological polar surface area (TPSA) is 76.1 Å². The fourth-order valence-corrected chi connectivity index (χ4v) is 3.45. The van der Waals surface area contributed by atoms with E-state index in [0.717, 1.165) is 25.1 Å². The molecule has 3 rings (SSSR count). The third-order valence-corrected chi connectivity index (χ3v) is 5.01. The minimum Gasteiger partial charge on any atom is -0.376 e. The summed E-state index contributed by atoms with van der Waals surface area (Å²) < 4.78 is 5.55. The van der Waals surface area contributed by atoms with Gasteiger partial charge in [0.2, 0.25) is 5.95 Å². The fraction of sp³-hybridized carbons (Fsp3) is 0.500. The van der Waals surface area contributed by atoms with Crippen LogP contribution in [0.25, 0.3) is 0 Å². The lowest BCUT2D eigenvalue weighted by Gasteiger charge is -2.20.